The van der Waals surface area contributed by atoms with Crippen molar-refractivity contribution in [3.63, 3.8) is 0 Å². The van der Waals surface area contributed by atoms with Gasteiger partial charge in [-0.05, 0) is 113 Å². The Morgan fingerprint density at radius 2 is 1.51 bits per heavy atom. The third-order valence-corrected chi connectivity index (χ3v) is 10.6. The minimum atomic E-state index is -0.0732. The molecule has 0 radical (unpaired) electrons. The number of rotatable bonds is 9. The number of para-hydroxylation sites is 2. The van der Waals surface area contributed by atoms with E-state index in [1.54, 1.807) is 0 Å². The first kappa shape index (κ1) is 32.6. The van der Waals surface area contributed by atoms with Crippen LogP contribution in [0.5, 0.6) is 5.75 Å². The maximum absolute atomic E-state index is 6.89. The van der Waals surface area contributed by atoms with Crippen LogP contribution in [0.2, 0.25) is 0 Å². The Balaban J connectivity index is 1.43. The van der Waals surface area contributed by atoms with Crippen molar-refractivity contribution in [3.05, 3.63) is 131 Å². The molecule has 2 aliphatic heterocycles. The van der Waals surface area contributed by atoms with Gasteiger partial charge in [-0.25, -0.2) is 0 Å². The van der Waals surface area contributed by atoms with Crippen molar-refractivity contribution in [2.45, 2.75) is 78.6 Å². The first-order chi connectivity index (χ1) is 22.6. The van der Waals surface area contributed by atoms with E-state index in [0.29, 0.717) is 0 Å². The van der Waals surface area contributed by atoms with Crippen LogP contribution >= 0.6 is 0 Å². The van der Waals surface area contributed by atoms with Crippen molar-refractivity contribution >= 4 is 22.8 Å². The summed E-state index contributed by atoms with van der Waals surface area (Å²) in [4.78, 5) is 4.72. The Morgan fingerprint density at radius 1 is 0.809 bits per heavy atom. The first-order valence-corrected chi connectivity index (χ1v) is 17.5. The lowest BCUT2D eigenvalue weighted by Crippen LogP contribution is -2.27. The molecule has 47 heavy (non-hydrogen) atoms. The van der Waals surface area contributed by atoms with Gasteiger partial charge in [0.25, 0.3) is 0 Å². The predicted molar refractivity (Wildman–Crippen MR) is 200 cm³/mol. The van der Waals surface area contributed by atoms with Gasteiger partial charge in [0, 0.05) is 60.3 Å². The second-order valence-electron chi connectivity index (χ2n) is 14.1. The zero-order chi connectivity index (χ0) is 33.3. The molecule has 3 aromatic carbocycles. The smallest absolute Gasteiger partial charge is 0.209 e. The summed E-state index contributed by atoms with van der Waals surface area (Å²) >= 11 is 0. The van der Waals surface area contributed by atoms with Gasteiger partial charge in [-0.15, -0.1) is 0 Å². The van der Waals surface area contributed by atoms with Gasteiger partial charge in [0.2, 0.25) is 5.69 Å². The maximum Gasteiger partial charge on any atom is 0.209 e. The summed E-state index contributed by atoms with van der Waals surface area (Å²) in [6.45, 7) is 18.9. The van der Waals surface area contributed by atoms with Crippen LogP contribution in [0.15, 0.2) is 120 Å². The molecule has 0 unspecified atom stereocenters. The molecule has 2 heterocycles. The van der Waals surface area contributed by atoms with Crippen molar-refractivity contribution < 1.29 is 9.31 Å². The van der Waals surface area contributed by atoms with Crippen LogP contribution in [-0.2, 0) is 10.8 Å². The quantitative estimate of drug-likeness (QED) is 0.220. The van der Waals surface area contributed by atoms with Crippen molar-refractivity contribution in [2.75, 3.05) is 36.5 Å². The molecule has 0 fully saturated rings. The Hall–Kier alpha value is -4.31. The molecule has 0 atom stereocenters. The minimum absolute atomic E-state index is 0.0732. The van der Waals surface area contributed by atoms with E-state index in [1.165, 1.54) is 50.7 Å². The molecular weight excluding hydrogens is 574 g/mol. The average Bonchev–Trinajstić information content (AvgIpc) is 3.45. The highest BCUT2D eigenvalue weighted by atomic mass is 16.5. The number of fused-ring (bicyclic) bond motifs is 2. The van der Waals surface area contributed by atoms with Crippen molar-refractivity contribution in [3.8, 4) is 5.75 Å². The van der Waals surface area contributed by atoms with E-state index in [9.17, 15) is 0 Å². The molecule has 0 spiro atoms. The Kier molecular flexibility index (Phi) is 9.07. The predicted octanol–water partition coefficient (Wildman–Crippen LogP) is 10.2. The van der Waals surface area contributed by atoms with Crippen LogP contribution < -0.4 is 14.5 Å². The molecule has 4 heteroatoms. The fourth-order valence-electron chi connectivity index (χ4n) is 7.74. The summed E-state index contributed by atoms with van der Waals surface area (Å²) in [6, 6.07) is 26.2. The average molecular weight is 627 g/mol. The number of benzene rings is 3. The molecule has 0 saturated carbocycles. The van der Waals surface area contributed by atoms with Gasteiger partial charge in [0.05, 0.1) is 5.41 Å². The highest BCUT2D eigenvalue weighted by Crippen LogP contribution is 2.48. The third-order valence-electron chi connectivity index (χ3n) is 10.6. The molecule has 0 N–H and O–H groups in total. The number of nitrogens with zero attached hydrogens (tertiary/aromatic N) is 3. The zero-order valence-corrected chi connectivity index (χ0v) is 29.7. The molecule has 0 aromatic heterocycles. The number of hydrogen-bond donors (Lipinski definition) is 0. The van der Waals surface area contributed by atoms with E-state index in [2.05, 4.69) is 167 Å². The third kappa shape index (κ3) is 5.88. The summed E-state index contributed by atoms with van der Waals surface area (Å²) in [5.41, 5.74) is 11.6. The highest BCUT2D eigenvalue weighted by molar-refractivity contribution is 6.03. The number of hydrogen-bond acceptors (Lipinski definition) is 3. The van der Waals surface area contributed by atoms with E-state index in [1.807, 2.05) is 0 Å². The zero-order valence-electron chi connectivity index (χ0n) is 29.7. The first-order valence-electron chi connectivity index (χ1n) is 17.5. The number of allylic oxidation sites excluding steroid dienone is 7. The van der Waals surface area contributed by atoms with Crippen molar-refractivity contribution in [2.24, 2.45) is 0 Å². The molecule has 4 nitrogen and oxygen atoms in total. The summed E-state index contributed by atoms with van der Waals surface area (Å²) in [5.74, 6) is 1.87. The minimum Gasteiger partial charge on any atom is -0.457 e. The van der Waals surface area contributed by atoms with E-state index >= 15 is 0 Å². The second kappa shape index (κ2) is 13.1. The van der Waals surface area contributed by atoms with Gasteiger partial charge in [0.15, 0.2) is 5.71 Å². The highest BCUT2D eigenvalue weighted by Gasteiger charge is 2.43. The molecular formula is C43H52N3O+. The second-order valence-corrected chi connectivity index (χ2v) is 14.1. The van der Waals surface area contributed by atoms with Crippen LogP contribution in [0.25, 0.3) is 0 Å². The lowest BCUT2D eigenvalue weighted by molar-refractivity contribution is -0.433. The topological polar surface area (TPSA) is 18.7 Å². The molecule has 0 bridgehead atoms. The van der Waals surface area contributed by atoms with E-state index in [4.69, 9.17) is 4.74 Å². The summed E-state index contributed by atoms with van der Waals surface area (Å²) in [7, 11) is 2.12. The summed E-state index contributed by atoms with van der Waals surface area (Å²) in [6.07, 6.45) is 12.5. The molecule has 1 aliphatic carbocycles. The van der Waals surface area contributed by atoms with Crippen LogP contribution in [-0.4, -0.2) is 37.0 Å². The van der Waals surface area contributed by atoms with Gasteiger partial charge < -0.3 is 14.5 Å². The van der Waals surface area contributed by atoms with Crippen LogP contribution in [0.3, 0.4) is 0 Å². The fourth-order valence-corrected chi connectivity index (χ4v) is 7.74. The fraction of sp³-hybridized carbons (Fsp3) is 0.372. The SMILES string of the molecule is CCN(C)c1ccc(OC2=C(/C=C/C3=[N+](CC)c4ccccc4C3(C)C)CCC/C2=C\C=C2\N(CC)c3ccccc3C2(C)C)cc1. The molecule has 0 amide bonds. The summed E-state index contributed by atoms with van der Waals surface area (Å²) < 4.78 is 9.36. The molecule has 0 saturated heterocycles. The molecule has 6 rings (SSSR count). The monoisotopic (exact) mass is 626 g/mol. The van der Waals surface area contributed by atoms with Crippen LogP contribution in [0, 0.1) is 0 Å². The van der Waals surface area contributed by atoms with Gasteiger partial charge in [-0.1, -0.05) is 56.3 Å². The summed E-state index contributed by atoms with van der Waals surface area (Å²) in [5, 5.41) is 0. The number of ether oxygens (including phenoxy) is 1. The Bertz CT molecular complexity index is 1800. The molecule has 3 aliphatic rings. The number of anilines is 2. The van der Waals surface area contributed by atoms with E-state index in [0.717, 1.165) is 50.4 Å². The van der Waals surface area contributed by atoms with Gasteiger partial charge in [-0.2, -0.15) is 4.58 Å². The lowest BCUT2D eigenvalue weighted by atomic mass is 9.81. The van der Waals surface area contributed by atoms with Gasteiger partial charge in [-0.3, -0.25) is 0 Å². The maximum atomic E-state index is 6.89. The lowest BCUT2D eigenvalue weighted by Gasteiger charge is -2.26. The van der Waals surface area contributed by atoms with Gasteiger partial charge >= 0.3 is 0 Å². The van der Waals surface area contributed by atoms with Crippen LogP contribution in [0.4, 0.5) is 17.1 Å². The van der Waals surface area contributed by atoms with Crippen molar-refractivity contribution in [1.29, 1.82) is 0 Å². The Labute approximate surface area is 283 Å². The molecule has 244 valence electrons. The van der Waals surface area contributed by atoms with Crippen LogP contribution in [0.1, 0.15) is 78.9 Å². The van der Waals surface area contributed by atoms with E-state index < -0.39 is 0 Å². The normalized spacial score (nSPS) is 20.0. The Morgan fingerprint density at radius 3 is 2.21 bits per heavy atom. The molecule has 3 aromatic rings. The number of likely N-dealkylation sites (N-methyl/N-ethyl adjacent to an activating group) is 1. The largest absolute Gasteiger partial charge is 0.457 e. The van der Waals surface area contributed by atoms with Gasteiger partial charge in [0.1, 0.15) is 18.1 Å². The van der Waals surface area contributed by atoms with Crippen molar-refractivity contribution in [1.82, 2.24) is 0 Å². The van der Waals surface area contributed by atoms with E-state index in [-0.39, 0.29) is 10.8 Å². The standard InChI is InChI=1S/C43H52N3O/c1-9-44(8)33-25-27-34(28-26-33)47-41-31(23-29-39-42(4,5)35-19-12-14-21-37(35)45(39)10-2)17-16-18-32(41)24-30-40-43(6,7)36-20-13-15-22-38(36)46(40)11-3/h12-15,19-30H,9-11,16-18H2,1-8H3/q+1.